The van der Waals surface area contributed by atoms with Gasteiger partial charge in [0.1, 0.15) is 0 Å². The van der Waals surface area contributed by atoms with E-state index in [1.807, 2.05) is 0 Å². The normalized spacial score (nSPS) is 11.3. The van der Waals surface area contributed by atoms with Crippen molar-refractivity contribution >= 4 is 58.0 Å². The van der Waals surface area contributed by atoms with E-state index in [2.05, 4.69) is 26.2 Å². The van der Waals surface area contributed by atoms with Crippen LogP contribution >= 0.6 is 37.9 Å². The Labute approximate surface area is 132 Å². The second-order valence-corrected chi connectivity index (χ2v) is 8.38. The molecule has 2 aromatic rings. The fourth-order valence-corrected chi connectivity index (χ4v) is 4.28. The third kappa shape index (κ3) is 3.38. The largest absolute Gasteiger partial charge is 0.298 e. The standard InChI is InChI=1S/C11H8BrClN2O3S2/c1-6-10(20(13,17)18)19-11(14-6)15-9(16)7-4-2-3-5-8(7)12/h2-5H,1H3,(H,14,15,16). The summed E-state index contributed by atoms with van der Waals surface area (Å²) in [6.07, 6.45) is 0. The van der Waals surface area contributed by atoms with Gasteiger partial charge in [0.05, 0.1) is 11.3 Å². The molecule has 0 atom stereocenters. The molecule has 9 heteroatoms. The van der Waals surface area contributed by atoms with Gasteiger partial charge in [0.25, 0.3) is 15.0 Å². The maximum Gasteiger partial charge on any atom is 0.272 e. The Morgan fingerprint density at radius 2 is 2.05 bits per heavy atom. The number of nitrogens with zero attached hydrogens (tertiary/aromatic N) is 1. The lowest BCUT2D eigenvalue weighted by molar-refractivity contribution is 0.102. The summed E-state index contributed by atoms with van der Waals surface area (Å²) >= 11 is 4.08. The van der Waals surface area contributed by atoms with Crippen molar-refractivity contribution in [3.05, 3.63) is 40.0 Å². The smallest absolute Gasteiger partial charge is 0.272 e. The molecular weight excluding hydrogens is 388 g/mol. The van der Waals surface area contributed by atoms with Crippen molar-refractivity contribution in [1.29, 1.82) is 0 Å². The van der Waals surface area contributed by atoms with Gasteiger partial charge in [0.2, 0.25) is 0 Å². The molecule has 0 saturated carbocycles. The number of anilines is 1. The summed E-state index contributed by atoms with van der Waals surface area (Å²) in [4.78, 5) is 16.0. The van der Waals surface area contributed by atoms with Crippen LogP contribution in [0.25, 0.3) is 0 Å². The number of aryl methyl sites for hydroxylation is 1. The lowest BCUT2D eigenvalue weighted by Crippen LogP contribution is -2.12. The quantitative estimate of drug-likeness (QED) is 0.808. The van der Waals surface area contributed by atoms with Crippen LogP contribution in [0.4, 0.5) is 5.13 Å². The first-order valence-electron chi connectivity index (χ1n) is 5.27. The van der Waals surface area contributed by atoms with E-state index in [0.29, 0.717) is 10.0 Å². The molecule has 0 unspecified atom stereocenters. The Bertz CT molecular complexity index is 774. The minimum absolute atomic E-state index is 0.0680. The maximum absolute atomic E-state index is 12.0. The van der Waals surface area contributed by atoms with Gasteiger partial charge < -0.3 is 0 Å². The van der Waals surface area contributed by atoms with Crippen molar-refractivity contribution < 1.29 is 13.2 Å². The Morgan fingerprint density at radius 3 is 2.60 bits per heavy atom. The molecule has 20 heavy (non-hydrogen) atoms. The highest BCUT2D eigenvalue weighted by Gasteiger charge is 2.20. The molecule has 0 radical (unpaired) electrons. The van der Waals surface area contributed by atoms with Crippen molar-refractivity contribution in [1.82, 2.24) is 4.98 Å². The van der Waals surface area contributed by atoms with Gasteiger partial charge in [0.15, 0.2) is 9.34 Å². The van der Waals surface area contributed by atoms with Gasteiger partial charge >= 0.3 is 0 Å². The van der Waals surface area contributed by atoms with Crippen molar-refractivity contribution in [2.24, 2.45) is 0 Å². The van der Waals surface area contributed by atoms with Crippen LogP contribution in [0.5, 0.6) is 0 Å². The Morgan fingerprint density at radius 1 is 1.40 bits per heavy atom. The number of nitrogens with one attached hydrogen (secondary N) is 1. The molecule has 1 heterocycles. The van der Waals surface area contributed by atoms with Crippen LogP contribution in [0.15, 0.2) is 32.9 Å². The Balaban J connectivity index is 2.28. The molecular formula is C11H8BrClN2O3S2. The van der Waals surface area contributed by atoms with Crippen LogP contribution in [-0.4, -0.2) is 19.3 Å². The summed E-state index contributed by atoms with van der Waals surface area (Å²) in [7, 11) is 1.42. The van der Waals surface area contributed by atoms with E-state index in [9.17, 15) is 13.2 Å². The molecule has 1 amide bonds. The molecule has 0 saturated heterocycles. The van der Waals surface area contributed by atoms with Crippen molar-refractivity contribution in [2.75, 3.05) is 5.32 Å². The fraction of sp³-hybridized carbons (Fsp3) is 0.0909. The van der Waals surface area contributed by atoms with Crippen LogP contribution in [0, 0.1) is 6.92 Å². The molecule has 1 N–H and O–H groups in total. The Kier molecular flexibility index (Phi) is 4.48. The topological polar surface area (TPSA) is 76.1 Å². The Hall–Kier alpha value is -0.960. The molecule has 0 fully saturated rings. The summed E-state index contributed by atoms with van der Waals surface area (Å²) in [6, 6.07) is 6.88. The third-order valence-corrected chi connectivity index (χ3v) is 6.26. The average molecular weight is 396 g/mol. The predicted molar refractivity (Wildman–Crippen MR) is 82.0 cm³/mol. The first-order chi connectivity index (χ1) is 9.29. The van der Waals surface area contributed by atoms with Crippen LogP contribution in [0.1, 0.15) is 16.1 Å². The number of thiazole rings is 1. The zero-order valence-corrected chi connectivity index (χ0v) is 14.0. The highest BCUT2D eigenvalue weighted by atomic mass is 79.9. The first kappa shape index (κ1) is 15.4. The van der Waals surface area contributed by atoms with E-state index in [4.69, 9.17) is 10.7 Å². The highest BCUT2D eigenvalue weighted by Crippen LogP contribution is 2.30. The van der Waals surface area contributed by atoms with Crippen LogP contribution in [-0.2, 0) is 9.05 Å². The number of rotatable bonds is 3. The van der Waals surface area contributed by atoms with Gasteiger partial charge in [-0.25, -0.2) is 13.4 Å². The molecule has 1 aromatic carbocycles. The molecule has 1 aromatic heterocycles. The molecule has 0 spiro atoms. The number of benzene rings is 1. The van der Waals surface area contributed by atoms with Gasteiger partial charge in [-0.05, 0) is 35.0 Å². The fourth-order valence-electron chi connectivity index (χ4n) is 1.47. The lowest BCUT2D eigenvalue weighted by atomic mass is 10.2. The van der Waals surface area contributed by atoms with Crippen LogP contribution in [0.2, 0.25) is 0 Å². The molecule has 0 bridgehead atoms. The third-order valence-electron chi connectivity index (χ3n) is 2.31. The molecule has 106 valence electrons. The van der Waals surface area contributed by atoms with Gasteiger partial charge in [-0.3, -0.25) is 10.1 Å². The summed E-state index contributed by atoms with van der Waals surface area (Å²) in [6.45, 7) is 1.51. The number of aromatic nitrogens is 1. The number of amides is 1. The SMILES string of the molecule is Cc1nc(NC(=O)c2ccccc2Br)sc1S(=O)(=O)Cl. The van der Waals surface area contributed by atoms with Gasteiger partial charge in [0, 0.05) is 15.2 Å². The average Bonchev–Trinajstić information content (AvgIpc) is 2.70. The van der Waals surface area contributed by atoms with E-state index in [-0.39, 0.29) is 20.9 Å². The second-order valence-electron chi connectivity index (χ2n) is 3.76. The first-order valence-corrected chi connectivity index (χ1v) is 9.19. The van der Waals surface area contributed by atoms with E-state index >= 15 is 0 Å². The van der Waals surface area contributed by atoms with Gasteiger partial charge in [-0.1, -0.05) is 23.5 Å². The highest BCUT2D eigenvalue weighted by molar-refractivity contribution is 9.10. The van der Waals surface area contributed by atoms with Crippen LogP contribution < -0.4 is 5.32 Å². The molecule has 0 aliphatic heterocycles. The van der Waals surface area contributed by atoms with E-state index in [1.54, 1.807) is 24.3 Å². The molecule has 0 aliphatic carbocycles. The summed E-state index contributed by atoms with van der Waals surface area (Å²) < 4.78 is 23.2. The number of hydrogen-bond acceptors (Lipinski definition) is 5. The second kappa shape index (κ2) is 5.80. The summed E-state index contributed by atoms with van der Waals surface area (Å²) in [5.74, 6) is -0.384. The van der Waals surface area contributed by atoms with Crippen molar-refractivity contribution in [2.45, 2.75) is 11.1 Å². The summed E-state index contributed by atoms with van der Waals surface area (Å²) in [5.41, 5.74) is 0.683. The lowest BCUT2D eigenvalue weighted by Gasteiger charge is -2.03. The minimum atomic E-state index is -3.85. The number of hydrogen-bond donors (Lipinski definition) is 1. The number of carbonyl (C=O) groups excluding carboxylic acids is 1. The van der Waals surface area contributed by atoms with Gasteiger partial charge in [-0.15, -0.1) is 0 Å². The van der Waals surface area contributed by atoms with E-state index in [1.165, 1.54) is 6.92 Å². The zero-order chi connectivity index (χ0) is 14.9. The monoisotopic (exact) mass is 394 g/mol. The molecule has 0 aliphatic rings. The van der Waals surface area contributed by atoms with Crippen molar-refractivity contribution in [3.8, 4) is 0 Å². The minimum Gasteiger partial charge on any atom is -0.298 e. The number of carbonyl (C=O) groups is 1. The molecule has 5 nitrogen and oxygen atoms in total. The van der Waals surface area contributed by atoms with E-state index < -0.39 is 9.05 Å². The summed E-state index contributed by atoms with van der Waals surface area (Å²) in [5, 5.41) is 2.73. The maximum atomic E-state index is 12.0. The van der Waals surface area contributed by atoms with E-state index in [0.717, 1.165) is 11.3 Å². The van der Waals surface area contributed by atoms with Crippen LogP contribution in [0.3, 0.4) is 0 Å². The molecule has 2 rings (SSSR count). The predicted octanol–water partition coefficient (Wildman–Crippen LogP) is 3.39. The number of halogens is 2. The zero-order valence-electron chi connectivity index (χ0n) is 10.1. The van der Waals surface area contributed by atoms with Crippen molar-refractivity contribution in [3.63, 3.8) is 0 Å². The van der Waals surface area contributed by atoms with Gasteiger partial charge in [-0.2, -0.15) is 0 Å².